The fourth-order valence-corrected chi connectivity index (χ4v) is 28.2. The second-order valence-corrected chi connectivity index (χ2v) is 20.2. The van der Waals surface area contributed by atoms with Crippen LogP contribution in [0.3, 0.4) is 0 Å². The molecular weight excluding hydrogens is 255 g/mol. The average molecular weight is 283 g/mol. The maximum absolute atomic E-state index is 4.17. The average Bonchev–Trinajstić information content (AvgIpc) is 3.04. The van der Waals surface area contributed by atoms with E-state index >= 15 is 0 Å². The first kappa shape index (κ1) is 12.2. The van der Waals surface area contributed by atoms with Gasteiger partial charge in [-0.1, -0.05) is 0 Å². The summed E-state index contributed by atoms with van der Waals surface area (Å²) in [5.41, 5.74) is 1.99. The Morgan fingerprint density at radius 2 is 1.50 bits per heavy atom. The molecule has 3 saturated heterocycles. The zero-order chi connectivity index (χ0) is 11.8. The number of hydrogen-bond donors (Lipinski definition) is 2. The first-order valence-electron chi connectivity index (χ1n) is 6.71. The Morgan fingerprint density at radius 1 is 1.12 bits per heavy atom. The van der Waals surface area contributed by atoms with Gasteiger partial charge in [0.15, 0.2) is 0 Å². The molecule has 3 rings (SSSR count). The van der Waals surface area contributed by atoms with Gasteiger partial charge in [0.05, 0.1) is 0 Å². The molecule has 0 aromatic heterocycles. The first-order chi connectivity index (χ1) is 7.39. The van der Waals surface area contributed by atoms with E-state index in [2.05, 4.69) is 48.6 Å². The van der Waals surface area contributed by atoms with Crippen LogP contribution >= 0.6 is 22.7 Å². The van der Waals surface area contributed by atoms with Crippen LogP contribution in [0.15, 0.2) is 0 Å². The van der Waals surface area contributed by atoms with Gasteiger partial charge in [-0.05, 0) is 0 Å². The summed E-state index contributed by atoms with van der Waals surface area (Å²) in [5.74, 6) is 0. The predicted octanol–water partition coefficient (Wildman–Crippen LogP) is 2.30. The van der Waals surface area contributed by atoms with Gasteiger partial charge in [0.25, 0.3) is 0 Å². The molecule has 2 unspecified atom stereocenters. The molecule has 98 valence electrons. The Bertz CT molecular complexity index is 313. The van der Waals surface area contributed by atoms with E-state index in [1.165, 1.54) is 18.5 Å². The van der Waals surface area contributed by atoms with Crippen LogP contribution in [0, 0.1) is 0 Å². The molecule has 2 N–H and O–H groups in total. The van der Waals surface area contributed by atoms with E-state index in [9.17, 15) is 0 Å². The third kappa shape index (κ3) is 1.43. The minimum absolute atomic E-state index is 0.996. The summed E-state index contributed by atoms with van der Waals surface area (Å²) in [5, 5.41) is 0. The molecule has 2 atom stereocenters. The van der Waals surface area contributed by atoms with E-state index in [-0.39, 0.29) is 0 Å². The molecule has 3 aliphatic heterocycles. The van der Waals surface area contributed by atoms with Crippen molar-refractivity contribution in [2.75, 3.05) is 32.2 Å². The monoisotopic (exact) mass is 283 g/mol. The van der Waals surface area contributed by atoms with E-state index in [4.69, 9.17) is 0 Å². The van der Waals surface area contributed by atoms with Crippen LogP contribution in [0.2, 0.25) is 0 Å². The maximum atomic E-state index is 4.17. The molecule has 0 saturated carbocycles. The van der Waals surface area contributed by atoms with Crippen LogP contribution in [0.25, 0.3) is 0 Å². The summed E-state index contributed by atoms with van der Waals surface area (Å²) >= 11 is 0. The van der Waals surface area contributed by atoms with Gasteiger partial charge in [-0.3, -0.25) is 0 Å². The number of nitrogens with one attached hydrogen (secondary N) is 2. The molecule has 6 heteroatoms. The van der Waals surface area contributed by atoms with Crippen molar-refractivity contribution in [1.29, 1.82) is 0 Å². The van der Waals surface area contributed by atoms with E-state index < -0.39 is 22.7 Å². The van der Waals surface area contributed by atoms with E-state index in [0.29, 0.717) is 0 Å². The second kappa shape index (κ2) is 3.38. The molecular formula is C10H28N3P3. The third-order valence-corrected chi connectivity index (χ3v) is 24.6. The Labute approximate surface area is 101 Å². The normalized spacial score (nSPS) is 48.6. The van der Waals surface area contributed by atoms with Crippen molar-refractivity contribution < 1.29 is 0 Å². The zero-order valence-corrected chi connectivity index (χ0v) is 14.2. The molecule has 0 bridgehead atoms. The molecule has 3 aliphatic rings. The van der Waals surface area contributed by atoms with Gasteiger partial charge < -0.3 is 0 Å². The van der Waals surface area contributed by atoms with E-state index in [0.717, 1.165) is 11.3 Å². The number of rotatable bonds is 1. The Hall–Kier alpha value is 1.17. The van der Waals surface area contributed by atoms with Crippen molar-refractivity contribution in [3.05, 3.63) is 0 Å². The van der Waals surface area contributed by atoms with E-state index in [1.54, 1.807) is 0 Å². The molecule has 3 fully saturated rings. The van der Waals surface area contributed by atoms with Gasteiger partial charge in [0.2, 0.25) is 0 Å². The van der Waals surface area contributed by atoms with Crippen molar-refractivity contribution >= 4 is 22.7 Å². The number of hydrogen-bond acceptors (Lipinski definition) is 3. The quantitative estimate of drug-likeness (QED) is 0.723. The first-order valence-corrected chi connectivity index (χ1v) is 13.9. The summed E-state index contributed by atoms with van der Waals surface area (Å²) in [7, 11) is -1.21. The minimum atomic E-state index is -1.30. The topological polar surface area (TPSA) is 27.3 Å². The molecule has 0 radical (unpaired) electrons. The van der Waals surface area contributed by atoms with Crippen molar-refractivity contribution in [3.63, 3.8) is 0 Å². The summed E-state index contributed by atoms with van der Waals surface area (Å²) in [6.45, 7) is 9.85. The van der Waals surface area contributed by atoms with Crippen LogP contribution < -0.4 is 9.72 Å². The summed E-state index contributed by atoms with van der Waals surface area (Å²) in [4.78, 5) is 8.35. The molecule has 0 aliphatic carbocycles. The van der Waals surface area contributed by atoms with Gasteiger partial charge >= 0.3 is 101 Å². The molecule has 16 heavy (non-hydrogen) atoms. The van der Waals surface area contributed by atoms with Gasteiger partial charge in [-0.2, -0.15) is 0 Å². The van der Waals surface area contributed by atoms with Gasteiger partial charge in [-0.25, -0.2) is 0 Å². The van der Waals surface area contributed by atoms with Crippen LogP contribution in [0.1, 0.15) is 20.8 Å². The van der Waals surface area contributed by atoms with Crippen LogP contribution in [0.4, 0.5) is 0 Å². The molecule has 0 amide bonds. The third-order valence-electron chi connectivity index (χ3n) is 5.43. The number of nitrogens with zero attached hydrogens (tertiary/aromatic N) is 1. The molecule has 3 heterocycles. The van der Waals surface area contributed by atoms with Gasteiger partial charge in [0, 0.05) is 0 Å². The summed E-state index contributed by atoms with van der Waals surface area (Å²) < 4.78 is 2.90. The van der Waals surface area contributed by atoms with Crippen molar-refractivity contribution in [1.82, 2.24) is 14.2 Å². The summed E-state index contributed by atoms with van der Waals surface area (Å²) in [6.07, 6.45) is 4.37. The van der Waals surface area contributed by atoms with Crippen molar-refractivity contribution in [2.24, 2.45) is 0 Å². The van der Waals surface area contributed by atoms with Gasteiger partial charge in [-0.15, -0.1) is 0 Å². The SMILES string of the molecule is CC[PH]1(C)N[PH]2(CC2C)N(C)[PH]2(CC2C)N1. The zero-order valence-electron chi connectivity index (χ0n) is 11.2. The van der Waals surface area contributed by atoms with Gasteiger partial charge in [0.1, 0.15) is 0 Å². The van der Waals surface area contributed by atoms with E-state index in [1.807, 2.05) is 0 Å². The molecule has 3 nitrogen and oxygen atoms in total. The molecule has 0 aromatic carbocycles. The standard InChI is InChI=1S/C10H28N3P3/c1-6-14(5)11-15(7-9(15)2)13(4)16(12-14)8-10(16)3/h9-12,14-16H,6-8H2,1-5H3. The fraction of sp³-hybridized carbons (Fsp3) is 1.00. The fourth-order valence-electron chi connectivity index (χ4n) is 3.79. The van der Waals surface area contributed by atoms with Crippen molar-refractivity contribution in [2.45, 2.75) is 32.1 Å². The predicted molar refractivity (Wildman–Crippen MR) is 84.1 cm³/mol. The second-order valence-electron chi connectivity index (χ2n) is 6.55. The van der Waals surface area contributed by atoms with Crippen LogP contribution in [0.5, 0.6) is 0 Å². The molecule has 2 spiro atoms. The van der Waals surface area contributed by atoms with Crippen LogP contribution in [-0.4, -0.2) is 48.0 Å². The van der Waals surface area contributed by atoms with Crippen molar-refractivity contribution in [3.8, 4) is 0 Å². The Balaban J connectivity index is 1.94. The molecule has 0 aromatic rings. The Kier molecular flexibility index (Phi) is 2.58. The van der Waals surface area contributed by atoms with Crippen LogP contribution in [-0.2, 0) is 0 Å². The summed E-state index contributed by atoms with van der Waals surface area (Å²) in [6, 6.07) is 0. The Morgan fingerprint density at radius 3 is 1.75 bits per heavy atom.